The maximum atomic E-state index is 13.7. The minimum Gasteiger partial charge on any atom is -0.338 e. The smallest absolute Gasteiger partial charge is 0.253 e. The van der Waals surface area contributed by atoms with Crippen molar-refractivity contribution in [1.29, 1.82) is 0 Å². The second-order valence-electron chi connectivity index (χ2n) is 8.48. The molecular formula is C27H26N2O2. The Bertz CT molecular complexity index is 1080. The molecule has 2 aliphatic rings. The maximum Gasteiger partial charge on any atom is 0.253 e. The lowest BCUT2D eigenvalue weighted by Crippen LogP contribution is -2.42. The number of carbonyl (C=O) groups excluding carboxylic acids is 2. The van der Waals surface area contributed by atoms with Gasteiger partial charge in [0.2, 0.25) is 5.91 Å². The second-order valence-corrected chi connectivity index (χ2v) is 8.48. The Morgan fingerprint density at radius 1 is 0.710 bits per heavy atom. The summed E-state index contributed by atoms with van der Waals surface area (Å²) in [7, 11) is 0. The average Bonchev–Trinajstić information content (AvgIpc) is 3.29. The van der Waals surface area contributed by atoms with Crippen molar-refractivity contribution < 1.29 is 9.59 Å². The van der Waals surface area contributed by atoms with Gasteiger partial charge in [-0.3, -0.25) is 9.59 Å². The normalized spacial score (nSPS) is 20.4. The molecule has 156 valence electrons. The first kappa shape index (κ1) is 19.6. The Hall–Kier alpha value is -3.40. The van der Waals surface area contributed by atoms with Gasteiger partial charge in [0.25, 0.3) is 5.91 Å². The standard InChI is InChI=1S/C27H26N2O2/c30-26(22-12-5-2-6-13-22)29-18-24(21-10-3-1-4-11-21)25(19-29)27(31)28-16-15-20-9-7-8-14-23(20)17-28/h1-14,24-25H,15-19H2. The summed E-state index contributed by atoms with van der Waals surface area (Å²) in [6.45, 7) is 2.42. The summed E-state index contributed by atoms with van der Waals surface area (Å²) in [5.74, 6) is -0.0496. The van der Waals surface area contributed by atoms with Gasteiger partial charge in [0.1, 0.15) is 0 Å². The number of likely N-dealkylation sites (tertiary alicyclic amines) is 1. The van der Waals surface area contributed by atoms with Crippen molar-refractivity contribution in [2.45, 2.75) is 18.9 Å². The van der Waals surface area contributed by atoms with Crippen LogP contribution in [0.2, 0.25) is 0 Å². The van der Waals surface area contributed by atoms with Gasteiger partial charge in [0.15, 0.2) is 0 Å². The van der Waals surface area contributed by atoms with Crippen molar-refractivity contribution in [3.63, 3.8) is 0 Å². The fourth-order valence-electron chi connectivity index (χ4n) is 4.94. The van der Waals surface area contributed by atoms with Crippen LogP contribution in [0.5, 0.6) is 0 Å². The third kappa shape index (κ3) is 3.86. The zero-order valence-corrected chi connectivity index (χ0v) is 17.5. The molecule has 0 N–H and O–H groups in total. The van der Waals surface area contributed by atoms with Crippen LogP contribution in [0.25, 0.3) is 0 Å². The van der Waals surface area contributed by atoms with Gasteiger partial charge in [0, 0.05) is 37.7 Å². The highest BCUT2D eigenvalue weighted by molar-refractivity contribution is 5.95. The van der Waals surface area contributed by atoms with Crippen molar-refractivity contribution in [3.8, 4) is 0 Å². The van der Waals surface area contributed by atoms with Crippen molar-refractivity contribution in [2.24, 2.45) is 5.92 Å². The molecule has 4 nitrogen and oxygen atoms in total. The summed E-state index contributed by atoms with van der Waals surface area (Å²) < 4.78 is 0. The van der Waals surface area contributed by atoms with Gasteiger partial charge in [-0.15, -0.1) is 0 Å². The molecule has 0 radical (unpaired) electrons. The van der Waals surface area contributed by atoms with E-state index in [2.05, 4.69) is 30.3 Å². The van der Waals surface area contributed by atoms with Crippen LogP contribution in [0, 0.1) is 5.92 Å². The fraction of sp³-hybridized carbons (Fsp3) is 0.259. The van der Waals surface area contributed by atoms with E-state index in [0.717, 1.165) is 18.5 Å². The van der Waals surface area contributed by atoms with Gasteiger partial charge >= 0.3 is 0 Å². The first-order valence-electron chi connectivity index (χ1n) is 11.0. The molecule has 4 heteroatoms. The average molecular weight is 411 g/mol. The zero-order chi connectivity index (χ0) is 21.2. The van der Waals surface area contributed by atoms with Crippen molar-refractivity contribution in [3.05, 3.63) is 107 Å². The largest absolute Gasteiger partial charge is 0.338 e. The van der Waals surface area contributed by atoms with E-state index in [0.29, 0.717) is 25.2 Å². The Labute approximate surface area is 183 Å². The van der Waals surface area contributed by atoms with Crippen molar-refractivity contribution in [1.82, 2.24) is 9.80 Å². The van der Waals surface area contributed by atoms with E-state index in [9.17, 15) is 9.59 Å². The Balaban J connectivity index is 1.41. The molecule has 0 aromatic heterocycles. The maximum absolute atomic E-state index is 13.7. The van der Waals surface area contributed by atoms with Gasteiger partial charge < -0.3 is 9.80 Å². The van der Waals surface area contributed by atoms with Gasteiger partial charge in [-0.2, -0.15) is 0 Å². The quantitative estimate of drug-likeness (QED) is 0.652. The molecule has 0 spiro atoms. The number of benzene rings is 3. The van der Waals surface area contributed by atoms with E-state index >= 15 is 0 Å². The van der Waals surface area contributed by atoms with Crippen molar-refractivity contribution >= 4 is 11.8 Å². The minimum atomic E-state index is -0.222. The topological polar surface area (TPSA) is 40.6 Å². The molecule has 5 rings (SSSR count). The van der Waals surface area contributed by atoms with E-state index in [1.165, 1.54) is 11.1 Å². The summed E-state index contributed by atoms with van der Waals surface area (Å²) in [4.78, 5) is 30.7. The van der Waals surface area contributed by atoms with E-state index < -0.39 is 0 Å². The van der Waals surface area contributed by atoms with Crippen LogP contribution in [0.4, 0.5) is 0 Å². The van der Waals surface area contributed by atoms with Gasteiger partial charge in [-0.05, 0) is 35.2 Å². The first-order chi connectivity index (χ1) is 15.2. The Morgan fingerprint density at radius 3 is 2.10 bits per heavy atom. The fourth-order valence-corrected chi connectivity index (χ4v) is 4.94. The van der Waals surface area contributed by atoms with Crippen LogP contribution in [0.1, 0.15) is 33.0 Å². The lowest BCUT2D eigenvalue weighted by atomic mass is 9.87. The highest BCUT2D eigenvalue weighted by Crippen LogP contribution is 2.35. The highest BCUT2D eigenvalue weighted by atomic mass is 16.2. The van der Waals surface area contributed by atoms with Gasteiger partial charge in [-0.25, -0.2) is 0 Å². The summed E-state index contributed by atoms with van der Waals surface area (Å²) in [5, 5.41) is 0. The van der Waals surface area contributed by atoms with Crippen LogP contribution in [0.15, 0.2) is 84.9 Å². The van der Waals surface area contributed by atoms with Crippen LogP contribution in [-0.2, 0) is 17.8 Å². The van der Waals surface area contributed by atoms with E-state index in [1.807, 2.05) is 64.4 Å². The van der Waals surface area contributed by atoms with Crippen LogP contribution in [0.3, 0.4) is 0 Å². The summed E-state index contributed by atoms with van der Waals surface area (Å²) in [6, 6.07) is 27.9. The Morgan fingerprint density at radius 2 is 1.35 bits per heavy atom. The summed E-state index contributed by atoms with van der Waals surface area (Å²) in [5.41, 5.74) is 4.36. The molecule has 1 saturated heterocycles. The predicted octanol–water partition coefficient (Wildman–Crippen LogP) is 4.13. The monoisotopic (exact) mass is 410 g/mol. The van der Waals surface area contributed by atoms with Crippen LogP contribution >= 0.6 is 0 Å². The molecule has 2 unspecified atom stereocenters. The Kier molecular flexibility index (Phi) is 5.29. The number of nitrogens with zero attached hydrogens (tertiary/aromatic N) is 2. The molecule has 0 saturated carbocycles. The SMILES string of the molecule is O=C(c1ccccc1)N1CC(C(=O)N2CCc3ccccc3C2)C(c2ccccc2)C1. The lowest BCUT2D eigenvalue weighted by Gasteiger charge is -2.32. The van der Waals surface area contributed by atoms with Gasteiger partial charge in [0.05, 0.1) is 5.92 Å². The molecule has 0 aliphatic carbocycles. The second kappa shape index (κ2) is 8.38. The van der Waals surface area contributed by atoms with Crippen molar-refractivity contribution in [2.75, 3.05) is 19.6 Å². The minimum absolute atomic E-state index is 0.000760. The van der Waals surface area contributed by atoms with E-state index in [-0.39, 0.29) is 23.7 Å². The molecule has 0 bridgehead atoms. The number of rotatable bonds is 3. The summed E-state index contributed by atoms with van der Waals surface area (Å²) in [6.07, 6.45) is 0.886. The first-order valence-corrected chi connectivity index (χ1v) is 11.0. The third-order valence-corrected chi connectivity index (χ3v) is 6.62. The third-order valence-electron chi connectivity index (χ3n) is 6.62. The molecule has 2 amide bonds. The zero-order valence-electron chi connectivity index (χ0n) is 17.5. The number of fused-ring (bicyclic) bond motifs is 1. The molecule has 31 heavy (non-hydrogen) atoms. The number of hydrogen-bond donors (Lipinski definition) is 0. The number of carbonyl (C=O) groups is 2. The molecule has 1 fully saturated rings. The van der Waals surface area contributed by atoms with E-state index in [1.54, 1.807) is 0 Å². The molecule has 2 heterocycles. The highest BCUT2D eigenvalue weighted by Gasteiger charge is 2.42. The predicted molar refractivity (Wildman–Crippen MR) is 121 cm³/mol. The van der Waals surface area contributed by atoms with Crippen LogP contribution in [-0.4, -0.2) is 41.2 Å². The van der Waals surface area contributed by atoms with E-state index in [4.69, 9.17) is 0 Å². The van der Waals surface area contributed by atoms with Gasteiger partial charge in [-0.1, -0.05) is 72.8 Å². The molecule has 3 aromatic rings. The van der Waals surface area contributed by atoms with Crippen LogP contribution < -0.4 is 0 Å². The molecule has 2 atom stereocenters. The lowest BCUT2D eigenvalue weighted by molar-refractivity contribution is -0.136. The molecule has 3 aromatic carbocycles. The number of amides is 2. The number of hydrogen-bond acceptors (Lipinski definition) is 2. The summed E-state index contributed by atoms with van der Waals surface area (Å²) >= 11 is 0. The molecule has 2 aliphatic heterocycles. The molecular weight excluding hydrogens is 384 g/mol.